The predicted molar refractivity (Wildman–Crippen MR) is 42.9 cm³/mol. The molecular formula is C9H7F5O. The number of ether oxygens (including phenoxy) is 1. The van der Waals surface area contributed by atoms with Gasteiger partial charge in [-0.15, -0.1) is 0 Å². The van der Waals surface area contributed by atoms with Crippen molar-refractivity contribution in [3.05, 3.63) is 29.8 Å². The average Bonchev–Trinajstić information content (AvgIpc) is 2.13. The molecule has 0 bridgehead atoms. The molecule has 15 heavy (non-hydrogen) atoms. The van der Waals surface area contributed by atoms with Gasteiger partial charge in [-0.2, -0.15) is 13.2 Å². The monoisotopic (exact) mass is 226 g/mol. The van der Waals surface area contributed by atoms with Crippen LogP contribution in [-0.2, 0) is 6.18 Å². The number of halogens is 5. The summed E-state index contributed by atoms with van der Waals surface area (Å²) in [5.74, 6) is -0.578. The van der Waals surface area contributed by atoms with Gasteiger partial charge >= 0.3 is 6.18 Å². The van der Waals surface area contributed by atoms with Crippen LogP contribution in [0.1, 0.15) is 5.56 Å². The molecule has 0 aliphatic rings. The Balaban J connectivity index is 2.87. The maximum absolute atomic E-state index is 12.3. The molecule has 0 heterocycles. The fourth-order valence-electron chi connectivity index (χ4n) is 0.979. The van der Waals surface area contributed by atoms with E-state index in [-0.39, 0.29) is 0 Å². The Morgan fingerprint density at radius 2 is 1.73 bits per heavy atom. The molecule has 84 valence electrons. The van der Waals surface area contributed by atoms with Crippen molar-refractivity contribution in [2.75, 3.05) is 6.61 Å². The molecule has 0 amide bonds. The largest absolute Gasteiger partial charge is 0.487 e. The summed E-state index contributed by atoms with van der Waals surface area (Å²) < 4.78 is 64.8. The van der Waals surface area contributed by atoms with Crippen molar-refractivity contribution < 1.29 is 26.7 Å². The van der Waals surface area contributed by atoms with Gasteiger partial charge < -0.3 is 4.74 Å². The second kappa shape index (κ2) is 4.46. The molecule has 0 spiro atoms. The first-order valence-corrected chi connectivity index (χ1v) is 3.98. The molecule has 0 aliphatic heterocycles. The highest BCUT2D eigenvalue weighted by atomic mass is 19.4. The second-order valence-electron chi connectivity index (χ2n) is 2.70. The Labute approximate surface area is 82.5 Å². The van der Waals surface area contributed by atoms with Gasteiger partial charge in [-0.3, -0.25) is 0 Å². The normalized spacial score (nSPS) is 11.9. The Morgan fingerprint density at radius 1 is 1.13 bits per heavy atom. The fraction of sp³-hybridized carbons (Fsp3) is 0.333. The van der Waals surface area contributed by atoms with Crippen LogP contribution in [0.2, 0.25) is 0 Å². The molecule has 0 saturated carbocycles. The summed E-state index contributed by atoms with van der Waals surface area (Å²) in [6.07, 6.45) is -7.40. The van der Waals surface area contributed by atoms with Gasteiger partial charge in [-0.25, -0.2) is 8.78 Å². The number of rotatable bonds is 3. The molecule has 0 radical (unpaired) electrons. The lowest BCUT2D eigenvalue weighted by molar-refractivity contribution is -0.139. The summed E-state index contributed by atoms with van der Waals surface area (Å²) in [4.78, 5) is 0. The third-order valence-corrected chi connectivity index (χ3v) is 1.56. The van der Waals surface area contributed by atoms with E-state index in [1.165, 1.54) is 6.07 Å². The number of alkyl halides is 5. The quantitative estimate of drug-likeness (QED) is 0.718. The van der Waals surface area contributed by atoms with Crippen molar-refractivity contribution in [2.45, 2.75) is 12.6 Å². The molecule has 1 aromatic rings. The third kappa shape index (κ3) is 3.38. The zero-order valence-corrected chi connectivity index (χ0v) is 7.39. The minimum Gasteiger partial charge on any atom is -0.487 e. The standard InChI is InChI=1S/C9H7F5O/c10-8(11)5-15-7-4-2-1-3-6(7)9(12,13)14/h1-4,8H,5H2. The highest BCUT2D eigenvalue weighted by molar-refractivity contribution is 5.35. The van der Waals surface area contributed by atoms with Gasteiger partial charge in [0.2, 0.25) is 0 Å². The molecule has 0 aromatic heterocycles. The van der Waals surface area contributed by atoms with E-state index >= 15 is 0 Å². The third-order valence-electron chi connectivity index (χ3n) is 1.56. The van der Waals surface area contributed by atoms with Crippen molar-refractivity contribution in [3.8, 4) is 5.75 Å². The SMILES string of the molecule is FC(F)COc1ccccc1C(F)(F)F. The van der Waals surface area contributed by atoms with Crippen LogP contribution in [0.25, 0.3) is 0 Å². The van der Waals surface area contributed by atoms with Crippen molar-refractivity contribution in [1.29, 1.82) is 0 Å². The van der Waals surface area contributed by atoms with E-state index in [1.54, 1.807) is 0 Å². The number of hydrogen-bond acceptors (Lipinski definition) is 1. The highest BCUT2D eigenvalue weighted by Gasteiger charge is 2.34. The lowest BCUT2D eigenvalue weighted by Gasteiger charge is -2.13. The summed E-state index contributed by atoms with van der Waals surface area (Å²) in [5.41, 5.74) is -1.05. The van der Waals surface area contributed by atoms with E-state index < -0.39 is 30.5 Å². The topological polar surface area (TPSA) is 9.23 Å². The van der Waals surface area contributed by atoms with E-state index in [2.05, 4.69) is 4.74 Å². The van der Waals surface area contributed by atoms with Crippen molar-refractivity contribution in [2.24, 2.45) is 0 Å². The van der Waals surface area contributed by atoms with Crippen LogP contribution in [0.5, 0.6) is 5.75 Å². The van der Waals surface area contributed by atoms with Crippen LogP contribution < -0.4 is 4.74 Å². The fourth-order valence-corrected chi connectivity index (χ4v) is 0.979. The molecular weight excluding hydrogens is 219 g/mol. The molecule has 0 N–H and O–H groups in total. The molecule has 0 saturated heterocycles. The highest BCUT2D eigenvalue weighted by Crippen LogP contribution is 2.35. The van der Waals surface area contributed by atoms with Crippen LogP contribution >= 0.6 is 0 Å². The van der Waals surface area contributed by atoms with Gasteiger partial charge in [-0.1, -0.05) is 12.1 Å². The van der Waals surface area contributed by atoms with Crippen LogP contribution in [0.15, 0.2) is 24.3 Å². The molecule has 0 aliphatic carbocycles. The average molecular weight is 226 g/mol. The van der Waals surface area contributed by atoms with Crippen LogP contribution in [-0.4, -0.2) is 13.0 Å². The molecule has 1 nitrogen and oxygen atoms in total. The summed E-state index contributed by atoms with van der Waals surface area (Å²) in [5, 5.41) is 0. The number of hydrogen-bond donors (Lipinski definition) is 0. The van der Waals surface area contributed by atoms with Gasteiger partial charge in [0.25, 0.3) is 6.43 Å². The first-order chi connectivity index (χ1) is 6.91. The second-order valence-corrected chi connectivity index (χ2v) is 2.70. The Morgan fingerprint density at radius 3 is 2.27 bits per heavy atom. The number of benzene rings is 1. The van der Waals surface area contributed by atoms with Crippen molar-refractivity contribution >= 4 is 0 Å². The molecule has 1 aromatic carbocycles. The molecule has 0 fully saturated rings. The molecule has 0 unspecified atom stereocenters. The number of para-hydroxylation sites is 1. The van der Waals surface area contributed by atoms with Crippen molar-refractivity contribution in [3.63, 3.8) is 0 Å². The van der Waals surface area contributed by atoms with Crippen LogP contribution in [0, 0.1) is 0 Å². The van der Waals surface area contributed by atoms with E-state index in [0.717, 1.165) is 18.2 Å². The zero-order valence-electron chi connectivity index (χ0n) is 7.39. The zero-order chi connectivity index (χ0) is 11.5. The smallest absolute Gasteiger partial charge is 0.419 e. The Hall–Kier alpha value is -1.33. The summed E-state index contributed by atoms with van der Waals surface area (Å²) in [7, 11) is 0. The maximum Gasteiger partial charge on any atom is 0.419 e. The lowest BCUT2D eigenvalue weighted by Crippen LogP contribution is -2.12. The summed E-state index contributed by atoms with van der Waals surface area (Å²) in [6.45, 7) is -1.05. The van der Waals surface area contributed by atoms with E-state index in [9.17, 15) is 22.0 Å². The summed E-state index contributed by atoms with van der Waals surface area (Å²) in [6, 6.07) is 4.24. The Bertz CT molecular complexity index is 321. The minimum atomic E-state index is -4.60. The van der Waals surface area contributed by atoms with E-state index in [4.69, 9.17) is 0 Å². The minimum absolute atomic E-state index is 0.578. The van der Waals surface area contributed by atoms with Gasteiger partial charge in [-0.05, 0) is 12.1 Å². The van der Waals surface area contributed by atoms with E-state index in [0.29, 0.717) is 0 Å². The first kappa shape index (κ1) is 11.7. The molecule has 6 heteroatoms. The van der Waals surface area contributed by atoms with Gasteiger partial charge in [0.15, 0.2) is 0 Å². The summed E-state index contributed by atoms with van der Waals surface area (Å²) >= 11 is 0. The Kier molecular flexibility index (Phi) is 3.49. The molecule has 0 atom stereocenters. The van der Waals surface area contributed by atoms with Crippen LogP contribution in [0.3, 0.4) is 0 Å². The van der Waals surface area contributed by atoms with Crippen molar-refractivity contribution in [1.82, 2.24) is 0 Å². The van der Waals surface area contributed by atoms with Gasteiger partial charge in [0.05, 0.1) is 5.56 Å². The molecule has 1 rings (SSSR count). The lowest BCUT2D eigenvalue weighted by atomic mass is 10.2. The van der Waals surface area contributed by atoms with Gasteiger partial charge in [0, 0.05) is 0 Å². The maximum atomic E-state index is 12.3. The van der Waals surface area contributed by atoms with E-state index in [1.807, 2.05) is 0 Å². The van der Waals surface area contributed by atoms with Gasteiger partial charge in [0.1, 0.15) is 12.4 Å². The first-order valence-electron chi connectivity index (χ1n) is 3.98. The predicted octanol–water partition coefficient (Wildman–Crippen LogP) is 3.35. The van der Waals surface area contributed by atoms with Crippen LogP contribution in [0.4, 0.5) is 22.0 Å².